The molecule has 63 heavy (non-hydrogen) atoms. The van der Waals surface area contributed by atoms with Gasteiger partial charge in [-0.1, -0.05) is 115 Å². The Balaban J connectivity index is 1.09. The topological polar surface area (TPSA) is 132 Å². The molecule has 4 heterocycles. The molecule has 1 aliphatic carbocycles. The van der Waals surface area contributed by atoms with Gasteiger partial charge in [0.15, 0.2) is 17.3 Å². The number of para-hydroxylation sites is 1. The van der Waals surface area contributed by atoms with Crippen molar-refractivity contribution in [2.24, 2.45) is 0 Å². The lowest BCUT2D eigenvalue weighted by Gasteiger charge is -2.15. The van der Waals surface area contributed by atoms with E-state index in [0.717, 1.165) is 70.6 Å². The van der Waals surface area contributed by atoms with Gasteiger partial charge < -0.3 is 30.1 Å². The molecule has 11 aromatic rings. The Morgan fingerprint density at radius 1 is 0.508 bits per heavy atom. The zero-order valence-electron chi connectivity index (χ0n) is 33.1. The third kappa shape index (κ3) is 5.58. The minimum Gasteiger partial charge on any atom is -0.504 e. The molecule has 10 heteroatoms. The molecule has 0 radical (unpaired) electrons. The van der Waals surface area contributed by atoms with E-state index < -0.39 is 28.7 Å². The molecule has 12 rings (SSSR count). The number of allylic oxidation sites excluding steroid dienone is 2. The summed E-state index contributed by atoms with van der Waals surface area (Å²) in [5.41, 5.74) is 8.64. The lowest BCUT2D eigenvalue weighted by Crippen LogP contribution is -1.98. The second-order valence-corrected chi connectivity index (χ2v) is 17.7. The third-order valence-corrected chi connectivity index (χ3v) is 14.4. The van der Waals surface area contributed by atoms with Crippen molar-refractivity contribution in [2.45, 2.75) is 6.42 Å². The summed E-state index contributed by atoms with van der Waals surface area (Å²) in [5.74, 6) is -3.71. The van der Waals surface area contributed by atoms with Gasteiger partial charge in [-0.05, 0) is 54.0 Å². The van der Waals surface area contributed by atoms with E-state index >= 15 is 0 Å². The summed E-state index contributed by atoms with van der Waals surface area (Å²) in [6.07, 6.45) is 7.17. The number of rotatable bonds is 5. The van der Waals surface area contributed by atoms with E-state index in [0.29, 0.717) is 23.2 Å². The number of aromatic nitrogens is 3. The maximum Gasteiger partial charge on any atom is 0.208 e. The van der Waals surface area contributed by atoms with Crippen molar-refractivity contribution in [1.82, 2.24) is 14.5 Å². The van der Waals surface area contributed by atoms with Crippen LogP contribution in [0.1, 0.15) is 16.9 Å². The third-order valence-electron chi connectivity index (χ3n) is 12.0. The van der Waals surface area contributed by atoms with Crippen molar-refractivity contribution in [3.63, 3.8) is 0 Å². The summed E-state index contributed by atoms with van der Waals surface area (Å²) in [4.78, 5) is 11.9. The van der Waals surface area contributed by atoms with Gasteiger partial charge in [0.05, 0.1) is 28.0 Å². The van der Waals surface area contributed by atoms with Crippen LogP contribution >= 0.6 is 22.7 Å². The number of hydrogen-bond acceptors (Lipinski definition) is 9. The predicted octanol–water partition coefficient (Wildman–Crippen LogP) is 13.8. The van der Waals surface area contributed by atoms with Crippen LogP contribution in [0, 0.1) is 0 Å². The smallest absolute Gasteiger partial charge is 0.208 e. The molecular formula is C53H33N3O5S2. The van der Waals surface area contributed by atoms with Crippen LogP contribution in [0.25, 0.3) is 115 Å². The molecule has 0 saturated carbocycles. The highest BCUT2D eigenvalue weighted by atomic mass is 32.1. The highest BCUT2D eigenvalue weighted by Gasteiger charge is 2.28. The number of aromatic hydroxyl groups is 5. The number of thiophene rings is 2. The van der Waals surface area contributed by atoms with Gasteiger partial charge in [0.2, 0.25) is 17.2 Å². The summed E-state index contributed by atoms with van der Waals surface area (Å²) >= 11 is 3.51. The van der Waals surface area contributed by atoms with Crippen LogP contribution in [0.4, 0.5) is 0 Å². The lowest BCUT2D eigenvalue weighted by atomic mass is 9.93. The summed E-state index contributed by atoms with van der Waals surface area (Å²) in [6, 6.07) is 47.0. The number of hydrogen-bond donors (Lipinski definition) is 5. The Kier molecular flexibility index (Phi) is 8.24. The first-order valence-corrected chi connectivity index (χ1v) is 22.0. The van der Waals surface area contributed by atoms with Crippen LogP contribution in [0.3, 0.4) is 0 Å². The van der Waals surface area contributed by atoms with Crippen LogP contribution in [0.15, 0.2) is 146 Å². The van der Waals surface area contributed by atoms with Crippen molar-refractivity contribution in [2.75, 3.05) is 0 Å². The Morgan fingerprint density at radius 3 is 1.98 bits per heavy atom. The van der Waals surface area contributed by atoms with Crippen molar-refractivity contribution < 1.29 is 25.5 Å². The fourth-order valence-electron chi connectivity index (χ4n) is 9.21. The van der Waals surface area contributed by atoms with Gasteiger partial charge in [-0.3, -0.25) is 0 Å². The van der Waals surface area contributed by atoms with Gasteiger partial charge in [-0.15, -0.1) is 22.7 Å². The first-order valence-electron chi connectivity index (χ1n) is 20.3. The Morgan fingerprint density at radius 2 is 1.14 bits per heavy atom. The molecule has 0 aliphatic heterocycles. The Labute approximate surface area is 367 Å². The van der Waals surface area contributed by atoms with E-state index in [4.69, 9.17) is 9.97 Å². The maximum atomic E-state index is 11.1. The molecule has 0 fully saturated rings. The molecule has 0 bridgehead atoms. The largest absolute Gasteiger partial charge is 0.504 e. The predicted molar refractivity (Wildman–Crippen MR) is 258 cm³/mol. The number of fused-ring (bicyclic) bond motifs is 9. The van der Waals surface area contributed by atoms with E-state index in [1.54, 1.807) is 34.8 Å². The van der Waals surface area contributed by atoms with Crippen LogP contribution in [-0.2, 0) is 0 Å². The monoisotopic (exact) mass is 855 g/mol. The van der Waals surface area contributed by atoms with E-state index in [1.165, 1.54) is 20.2 Å². The zero-order chi connectivity index (χ0) is 42.5. The SMILES string of the molecule is Oc1c(O)c(O)c(-c2cccc3c2c2ccccc2n3C=C2CC=Cc3sc4cccc(-c5nc(-c6ccccc6)cc(-c6cccc7c6sc6ccccc67)n5)c4c32)c(O)c1O. The van der Waals surface area contributed by atoms with Gasteiger partial charge in [-0.2, -0.15) is 0 Å². The van der Waals surface area contributed by atoms with E-state index in [1.807, 2.05) is 48.5 Å². The standard InChI is InChI=1S/C53H33N3O5S2/c57-47-46(48(58)50(60)51(61)49(47)59)34-19-10-22-39-44(34)33-16-4-6-21-38(33)56(39)27-29-14-8-24-41-43(29)45-35(20-11-25-42(45)62-41)53-54-36(28-12-2-1-3-13-28)26-37(55-53)32-18-9-17-31-30-15-5-7-23-40(30)63-52(31)32/h1-13,15-27,57-61H,14H2. The van der Waals surface area contributed by atoms with Crippen molar-refractivity contribution >= 4 is 92.6 Å². The van der Waals surface area contributed by atoms with E-state index in [9.17, 15) is 25.5 Å². The first kappa shape index (κ1) is 36.9. The first-order chi connectivity index (χ1) is 30.8. The fourth-order valence-corrected chi connectivity index (χ4v) is 11.6. The molecule has 0 amide bonds. The number of phenolic OH excluding ortho intramolecular Hbond substituents is 5. The number of nitrogens with zero attached hydrogens (tertiary/aromatic N) is 3. The van der Waals surface area contributed by atoms with Crippen LogP contribution in [0.5, 0.6) is 28.7 Å². The van der Waals surface area contributed by atoms with Gasteiger partial charge >= 0.3 is 0 Å². The van der Waals surface area contributed by atoms with E-state index in [2.05, 4.69) is 102 Å². The normalized spacial score (nSPS) is 13.3. The van der Waals surface area contributed by atoms with Crippen LogP contribution in [-0.4, -0.2) is 40.1 Å². The minimum atomic E-state index is -1.00. The minimum absolute atomic E-state index is 0.194. The zero-order valence-corrected chi connectivity index (χ0v) is 34.7. The highest BCUT2D eigenvalue weighted by molar-refractivity contribution is 7.26. The lowest BCUT2D eigenvalue weighted by molar-refractivity contribution is 0.330. The second-order valence-electron chi connectivity index (χ2n) is 15.6. The van der Waals surface area contributed by atoms with Gasteiger partial charge in [-0.25, -0.2) is 9.97 Å². The molecule has 0 atom stereocenters. The summed E-state index contributed by atoms with van der Waals surface area (Å²) in [5, 5.41) is 58.4. The fraction of sp³-hybridized carbons (Fsp3) is 0.0189. The quantitative estimate of drug-likeness (QED) is 0.0860. The van der Waals surface area contributed by atoms with Gasteiger partial charge in [0, 0.05) is 74.4 Å². The van der Waals surface area contributed by atoms with E-state index in [-0.39, 0.29) is 5.56 Å². The molecule has 7 aromatic carbocycles. The van der Waals surface area contributed by atoms with Gasteiger partial charge in [0.1, 0.15) is 0 Å². The number of benzene rings is 7. The number of phenols is 5. The Bertz CT molecular complexity index is 3760. The molecular weight excluding hydrogens is 823 g/mol. The molecule has 0 unspecified atom stereocenters. The maximum absolute atomic E-state index is 11.1. The second kappa shape index (κ2) is 14.1. The average molecular weight is 856 g/mol. The summed E-state index contributed by atoms with van der Waals surface area (Å²) < 4.78 is 5.64. The average Bonchev–Trinajstić information content (AvgIpc) is 4.01. The molecule has 5 N–H and O–H groups in total. The highest BCUT2D eigenvalue weighted by Crippen LogP contribution is 2.56. The Hall–Kier alpha value is -7.92. The van der Waals surface area contributed by atoms with Crippen LogP contribution < -0.4 is 0 Å². The van der Waals surface area contributed by atoms with Crippen molar-refractivity contribution in [3.05, 3.63) is 156 Å². The summed E-state index contributed by atoms with van der Waals surface area (Å²) in [6.45, 7) is 0. The summed E-state index contributed by atoms with van der Waals surface area (Å²) in [7, 11) is 0. The van der Waals surface area contributed by atoms with Crippen LogP contribution in [0.2, 0.25) is 0 Å². The molecule has 0 saturated heterocycles. The molecule has 8 nitrogen and oxygen atoms in total. The molecule has 1 aliphatic rings. The molecule has 0 spiro atoms. The van der Waals surface area contributed by atoms with Crippen molar-refractivity contribution in [3.8, 4) is 73.8 Å². The molecule has 4 aromatic heterocycles. The molecule has 302 valence electrons. The van der Waals surface area contributed by atoms with Crippen molar-refractivity contribution in [1.29, 1.82) is 0 Å². The van der Waals surface area contributed by atoms with Gasteiger partial charge in [0.25, 0.3) is 0 Å².